The number of halogens is 1. The van der Waals surface area contributed by atoms with Gasteiger partial charge >= 0.3 is 0 Å². The average Bonchev–Trinajstić information content (AvgIpc) is 2.85. The maximum atomic E-state index is 11.9. The zero-order valence-electron chi connectivity index (χ0n) is 11.8. The predicted molar refractivity (Wildman–Crippen MR) is 83.4 cm³/mol. The Kier molecular flexibility index (Phi) is 4.84. The largest absolute Gasteiger partial charge is 0.288 e. The number of sulfonamides is 1. The molecule has 0 bridgehead atoms. The van der Waals surface area contributed by atoms with Gasteiger partial charge in [0.05, 0.1) is 17.6 Å². The Hall–Kier alpha value is -1.60. The van der Waals surface area contributed by atoms with Gasteiger partial charge in [-0.05, 0) is 25.0 Å². The molecule has 0 aliphatic carbocycles. The number of hydrogen-bond donors (Lipinski definition) is 1. The summed E-state index contributed by atoms with van der Waals surface area (Å²) in [6.07, 6.45) is 4.96. The monoisotopic (exact) mass is 328 g/mol. The molecule has 0 radical (unpaired) electrons. The van der Waals surface area contributed by atoms with E-state index in [1.165, 1.54) is 6.20 Å². The van der Waals surface area contributed by atoms with Gasteiger partial charge in [-0.15, -0.1) is 11.6 Å². The van der Waals surface area contributed by atoms with Crippen molar-refractivity contribution in [2.24, 2.45) is 5.92 Å². The van der Waals surface area contributed by atoms with Crippen molar-refractivity contribution in [3.63, 3.8) is 0 Å². The Morgan fingerprint density at radius 2 is 2.14 bits per heavy atom. The molecule has 2 aromatic rings. The van der Waals surface area contributed by atoms with Gasteiger partial charge in [-0.1, -0.05) is 6.92 Å². The van der Waals surface area contributed by atoms with Crippen molar-refractivity contribution in [2.75, 3.05) is 16.4 Å². The van der Waals surface area contributed by atoms with Crippen LogP contribution in [-0.2, 0) is 10.0 Å². The smallest absolute Gasteiger partial charge is 0.233 e. The minimum atomic E-state index is -3.41. The molecular formula is C13H17ClN4O2S. The number of rotatable bonds is 6. The second-order valence-corrected chi connectivity index (χ2v) is 6.97. The molecule has 8 heteroatoms. The molecule has 0 spiro atoms. The Morgan fingerprint density at radius 1 is 1.38 bits per heavy atom. The lowest BCUT2D eigenvalue weighted by atomic mass is 10.3. The third kappa shape index (κ3) is 4.18. The van der Waals surface area contributed by atoms with Crippen LogP contribution in [-0.4, -0.2) is 34.6 Å². The molecule has 2 heterocycles. The first-order valence-corrected chi connectivity index (χ1v) is 8.63. The molecule has 2 rings (SSSR count). The van der Waals surface area contributed by atoms with E-state index in [4.69, 9.17) is 11.6 Å². The van der Waals surface area contributed by atoms with Crippen molar-refractivity contribution >= 4 is 27.3 Å². The summed E-state index contributed by atoms with van der Waals surface area (Å²) in [5.74, 6) is 1.68. The molecule has 0 fully saturated rings. The summed E-state index contributed by atoms with van der Waals surface area (Å²) in [5.41, 5.74) is 0.429. The molecule has 1 unspecified atom stereocenters. The van der Waals surface area contributed by atoms with E-state index in [0.717, 1.165) is 5.82 Å². The Balaban J connectivity index is 2.11. The molecule has 0 saturated heterocycles. The van der Waals surface area contributed by atoms with Gasteiger partial charge in [0.25, 0.3) is 0 Å². The molecular weight excluding hydrogens is 312 g/mol. The minimum absolute atomic E-state index is 0.0150. The van der Waals surface area contributed by atoms with Crippen molar-refractivity contribution in [3.8, 4) is 5.82 Å². The molecule has 1 N–H and O–H groups in total. The lowest BCUT2D eigenvalue weighted by Gasteiger charge is -2.11. The molecule has 0 amide bonds. The fourth-order valence-electron chi connectivity index (χ4n) is 1.85. The van der Waals surface area contributed by atoms with E-state index < -0.39 is 10.0 Å². The van der Waals surface area contributed by atoms with Crippen molar-refractivity contribution < 1.29 is 8.42 Å². The highest BCUT2D eigenvalue weighted by Crippen LogP contribution is 2.14. The van der Waals surface area contributed by atoms with Crippen LogP contribution in [0, 0.1) is 12.8 Å². The van der Waals surface area contributed by atoms with Gasteiger partial charge in [0.1, 0.15) is 11.6 Å². The van der Waals surface area contributed by atoms with E-state index in [2.05, 4.69) is 14.7 Å². The summed E-state index contributed by atoms with van der Waals surface area (Å²) >= 11 is 5.64. The highest BCUT2D eigenvalue weighted by molar-refractivity contribution is 7.92. The minimum Gasteiger partial charge on any atom is -0.288 e. The summed E-state index contributed by atoms with van der Waals surface area (Å²) < 4.78 is 28.2. The fraction of sp³-hybridized carbons (Fsp3) is 0.385. The molecule has 0 saturated carbocycles. The number of anilines is 1. The molecule has 114 valence electrons. The van der Waals surface area contributed by atoms with Gasteiger partial charge in [0, 0.05) is 18.3 Å². The maximum absolute atomic E-state index is 11.9. The van der Waals surface area contributed by atoms with Crippen molar-refractivity contribution in [2.45, 2.75) is 13.8 Å². The van der Waals surface area contributed by atoms with Crippen LogP contribution >= 0.6 is 11.6 Å². The highest BCUT2D eigenvalue weighted by atomic mass is 35.5. The van der Waals surface area contributed by atoms with Crippen molar-refractivity contribution in [1.29, 1.82) is 0 Å². The lowest BCUT2D eigenvalue weighted by molar-refractivity contribution is 0.588. The van der Waals surface area contributed by atoms with Crippen molar-refractivity contribution in [3.05, 3.63) is 36.5 Å². The predicted octanol–water partition coefficient (Wildman–Crippen LogP) is 2.19. The van der Waals surface area contributed by atoms with E-state index in [9.17, 15) is 8.42 Å². The van der Waals surface area contributed by atoms with Gasteiger partial charge in [0.2, 0.25) is 10.0 Å². The number of pyridine rings is 1. The van der Waals surface area contributed by atoms with E-state index in [0.29, 0.717) is 17.4 Å². The Morgan fingerprint density at radius 3 is 2.67 bits per heavy atom. The SMILES string of the molecule is Cc1nccn1-c1ccc(NS(=O)(=O)CC(C)CCl)cn1. The zero-order valence-corrected chi connectivity index (χ0v) is 13.4. The summed E-state index contributed by atoms with van der Waals surface area (Å²) in [4.78, 5) is 8.35. The van der Waals surface area contributed by atoms with Gasteiger partial charge in [-0.3, -0.25) is 9.29 Å². The van der Waals surface area contributed by atoms with Crippen LogP contribution in [0.5, 0.6) is 0 Å². The van der Waals surface area contributed by atoms with Crippen LogP contribution in [0.2, 0.25) is 0 Å². The van der Waals surface area contributed by atoms with Gasteiger partial charge in [-0.25, -0.2) is 18.4 Å². The topological polar surface area (TPSA) is 76.9 Å². The summed E-state index contributed by atoms with van der Waals surface area (Å²) in [7, 11) is -3.41. The summed E-state index contributed by atoms with van der Waals surface area (Å²) in [6, 6.07) is 3.40. The van der Waals surface area contributed by atoms with Crippen LogP contribution in [0.15, 0.2) is 30.7 Å². The fourth-order valence-corrected chi connectivity index (χ4v) is 3.52. The zero-order chi connectivity index (χ0) is 15.5. The quantitative estimate of drug-likeness (QED) is 0.825. The van der Waals surface area contributed by atoms with Gasteiger partial charge in [0.15, 0.2) is 0 Å². The van der Waals surface area contributed by atoms with Crippen LogP contribution in [0.3, 0.4) is 0 Å². The highest BCUT2D eigenvalue weighted by Gasteiger charge is 2.15. The van der Waals surface area contributed by atoms with Gasteiger partial charge < -0.3 is 0 Å². The third-order valence-electron chi connectivity index (χ3n) is 2.86. The first kappa shape index (κ1) is 15.8. The normalized spacial score (nSPS) is 13.1. The van der Waals surface area contributed by atoms with Crippen LogP contribution < -0.4 is 4.72 Å². The van der Waals surface area contributed by atoms with Gasteiger partial charge in [-0.2, -0.15) is 0 Å². The van der Waals surface area contributed by atoms with E-state index in [1.807, 2.05) is 11.5 Å². The number of hydrogen-bond acceptors (Lipinski definition) is 4. The number of aromatic nitrogens is 3. The first-order valence-electron chi connectivity index (χ1n) is 6.44. The number of nitrogens with zero attached hydrogens (tertiary/aromatic N) is 3. The second kappa shape index (κ2) is 6.44. The number of alkyl halides is 1. The third-order valence-corrected chi connectivity index (χ3v) is 4.94. The summed E-state index contributed by atoms with van der Waals surface area (Å²) in [6.45, 7) is 3.65. The Bertz CT molecular complexity index is 697. The van der Waals surface area contributed by atoms with E-state index in [-0.39, 0.29) is 11.7 Å². The summed E-state index contributed by atoms with van der Waals surface area (Å²) in [5, 5.41) is 0. The molecule has 2 aromatic heterocycles. The molecule has 6 nitrogen and oxygen atoms in total. The van der Waals surface area contributed by atoms with Crippen LogP contribution in [0.4, 0.5) is 5.69 Å². The first-order chi connectivity index (χ1) is 9.91. The molecule has 0 aromatic carbocycles. The molecule has 0 aliphatic heterocycles. The number of aryl methyl sites for hydroxylation is 1. The second-order valence-electron chi connectivity index (χ2n) is 4.89. The molecule has 1 atom stereocenters. The lowest BCUT2D eigenvalue weighted by Crippen LogP contribution is -2.22. The molecule has 21 heavy (non-hydrogen) atoms. The Labute approximate surface area is 129 Å². The van der Waals surface area contributed by atoms with E-state index in [1.54, 1.807) is 31.5 Å². The molecule has 0 aliphatic rings. The van der Waals surface area contributed by atoms with E-state index >= 15 is 0 Å². The van der Waals surface area contributed by atoms with Crippen LogP contribution in [0.1, 0.15) is 12.7 Å². The standard InChI is InChI=1S/C13H17ClN4O2S/c1-10(7-14)9-21(19,20)17-12-3-4-13(16-8-12)18-6-5-15-11(18)2/h3-6,8,10,17H,7,9H2,1-2H3. The van der Waals surface area contributed by atoms with Crippen molar-refractivity contribution in [1.82, 2.24) is 14.5 Å². The van der Waals surface area contributed by atoms with Crippen LogP contribution in [0.25, 0.3) is 5.82 Å². The average molecular weight is 329 g/mol. The number of nitrogens with one attached hydrogen (secondary N) is 1. The maximum Gasteiger partial charge on any atom is 0.233 e. The number of imidazole rings is 1.